The molecular formula is C21H34IN5O3. The normalized spacial score (nSPS) is 13.3. The van der Waals surface area contributed by atoms with Gasteiger partial charge in [0.2, 0.25) is 0 Å². The summed E-state index contributed by atoms with van der Waals surface area (Å²) in [5.74, 6) is 1.52. The van der Waals surface area contributed by atoms with Crippen LogP contribution >= 0.6 is 24.0 Å². The smallest absolute Gasteiger partial charge is 0.191 e. The van der Waals surface area contributed by atoms with E-state index < -0.39 is 5.60 Å². The average molecular weight is 531 g/mol. The van der Waals surface area contributed by atoms with Gasteiger partial charge in [-0.15, -0.1) is 24.0 Å². The van der Waals surface area contributed by atoms with Crippen molar-refractivity contribution in [2.24, 2.45) is 12.0 Å². The minimum absolute atomic E-state index is 0. The second kappa shape index (κ2) is 13.5. The van der Waals surface area contributed by atoms with Crippen molar-refractivity contribution in [1.29, 1.82) is 0 Å². The van der Waals surface area contributed by atoms with Crippen molar-refractivity contribution in [3.05, 3.63) is 47.8 Å². The molecule has 0 aliphatic carbocycles. The maximum absolute atomic E-state index is 10.7. The van der Waals surface area contributed by atoms with Crippen molar-refractivity contribution >= 4 is 29.9 Å². The molecule has 2 aromatic rings. The molecule has 2 rings (SSSR count). The summed E-state index contributed by atoms with van der Waals surface area (Å²) in [7, 11) is 3.48. The van der Waals surface area contributed by atoms with Crippen LogP contribution in [-0.4, -0.2) is 54.2 Å². The van der Waals surface area contributed by atoms with Crippen LogP contribution in [0.1, 0.15) is 31.4 Å². The molecule has 0 amide bonds. The van der Waals surface area contributed by atoms with E-state index in [1.807, 2.05) is 38.2 Å². The number of aromatic nitrogens is 2. The predicted octanol–water partition coefficient (Wildman–Crippen LogP) is 2.42. The number of aliphatic hydroxyl groups is 1. The van der Waals surface area contributed by atoms with Crippen molar-refractivity contribution in [3.8, 4) is 5.75 Å². The number of ether oxygens (including phenoxy) is 2. The van der Waals surface area contributed by atoms with Crippen molar-refractivity contribution < 1.29 is 14.6 Å². The third-order valence-corrected chi connectivity index (χ3v) is 4.40. The molecule has 0 fully saturated rings. The van der Waals surface area contributed by atoms with E-state index in [1.54, 1.807) is 31.1 Å². The lowest BCUT2D eigenvalue weighted by molar-refractivity contribution is 0.0671. The third-order valence-electron chi connectivity index (χ3n) is 4.40. The van der Waals surface area contributed by atoms with Crippen LogP contribution < -0.4 is 15.4 Å². The molecule has 1 aromatic heterocycles. The number of methoxy groups -OCH3 is 1. The monoisotopic (exact) mass is 531 g/mol. The highest BCUT2D eigenvalue weighted by Gasteiger charge is 2.24. The molecule has 0 saturated carbocycles. The first-order valence-electron chi connectivity index (χ1n) is 9.89. The number of aryl methyl sites for hydroxylation is 1. The van der Waals surface area contributed by atoms with E-state index in [0.717, 1.165) is 36.4 Å². The van der Waals surface area contributed by atoms with E-state index in [0.29, 0.717) is 19.2 Å². The highest BCUT2D eigenvalue weighted by Crippen LogP contribution is 2.19. The Balaban J connectivity index is 0.00000450. The molecule has 1 heterocycles. The fourth-order valence-electron chi connectivity index (χ4n) is 2.66. The second-order valence-electron chi connectivity index (χ2n) is 7.05. The van der Waals surface area contributed by atoms with Gasteiger partial charge in [-0.2, -0.15) is 5.10 Å². The molecule has 3 N–H and O–H groups in total. The minimum atomic E-state index is -1.07. The van der Waals surface area contributed by atoms with Crippen LogP contribution in [0.15, 0.2) is 41.7 Å². The molecule has 0 spiro atoms. The summed E-state index contributed by atoms with van der Waals surface area (Å²) in [5.41, 5.74) is 0.788. The van der Waals surface area contributed by atoms with Crippen LogP contribution in [0.4, 0.5) is 0 Å². The molecule has 0 aliphatic rings. The van der Waals surface area contributed by atoms with E-state index >= 15 is 0 Å². The van der Waals surface area contributed by atoms with Gasteiger partial charge in [0.1, 0.15) is 11.4 Å². The summed E-state index contributed by atoms with van der Waals surface area (Å²) < 4.78 is 12.5. The van der Waals surface area contributed by atoms with Crippen LogP contribution in [0.25, 0.3) is 0 Å². The van der Waals surface area contributed by atoms with Gasteiger partial charge in [-0.3, -0.25) is 4.68 Å². The quantitative estimate of drug-likeness (QED) is 0.179. The van der Waals surface area contributed by atoms with Gasteiger partial charge < -0.3 is 25.2 Å². The fraction of sp³-hybridized carbons (Fsp3) is 0.524. The first-order chi connectivity index (χ1) is 13.9. The Bertz CT molecular complexity index is 762. The molecule has 30 heavy (non-hydrogen) atoms. The first kappa shape index (κ1) is 26.2. The summed E-state index contributed by atoms with van der Waals surface area (Å²) in [6, 6.07) is 7.86. The van der Waals surface area contributed by atoms with E-state index in [9.17, 15) is 5.11 Å². The lowest BCUT2D eigenvalue weighted by Crippen LogP contribution is -2.39. The lowest BCUT2D eigenvalue weighted by Gasteiger charge is -2.20. The van der Waals surface area contributed by atoms with Crippen LogP contribution in [0.3, 0.4) is 0 Å². The summed E-state index contributed by atoms with van der Waals surface area (Å²) in [6.45, 7) is 6.68. The Labute approximate surface area is 196 Å². The Morgan fingerprint density at radius 1 is 1.27 bits per heavy atom. The average Bonchev–Trinajstić information content (AvgIpc) is 3.16. The highest BCUT2D eigenvalue weighted by atomic mass is 127. The summed E-state index contributed by atoms with van der Waals surface area (Å²) in [6.07, 6.45) is 4.31. The second-order valence-corrected chi connectivity index (χ2v) is 7.05. The SMILES string of the molecule is CCNC(=NCC(C)(O)c1cnn(C)c1)NCCCOCc1ccc(OC)cc1.I. The Hall–Kier alpha value is -1.85. The largest absolute Gasteiger partial charge is 0.497 e. The van der Waals surface area contributed by atoms with Crippen LogP contribution in [0.2, 0.25) is 0 Å². The molecule has 0 saturated heterocycles. The standard InChI is InChI=1S/C21H33N5O3.HI/c1-5-22-20(24-16-21(2,27)18-13-25-26(3)14-18)23-11-6-12-29-15-17-7-9-19(28-4)10-8-17;/h7-10,13-14,27H,5-6,11-12,15-16H2,1-4H3,(H2,22,23,24);1H. The van der Waals surface area contributed by atoms with Gasteiger partial charge in [0.05, 0.1) is 26.5 Å². The number of nitrogens with one attached hydrogen (secondary N) is 2. The zero-order chi connectivity index (χ0) is 21.1. The summed E-state index contributed by atoms with van der Waals surface area (Å²) >= 11 is 0. The van der Waals surface area contributed by atoms with E-state index in [1.165, 1.54) is 0 Å². The molecule has 8 nitrogen and oxygen atoms in total. The summed E-state index contributed by atoms with van der Waals surface area (Å²) in [5, 5.41) is 21.2. The molecule has 1 atom stereocenters. The number of benzene rings is 1. The van der Waals surface area contributed by atoms with Gasteiger partial charge >= 0.3 is 0 Å². The number of hydrogen-bond acceptors (Lipinski definition) is 5. The zero-order valence-corrected chi connectivity index (χ0v) is 20.6. The molecule has 0 aliphatic heterocycles. The summed E-state index contributed by atoms with van der Waals surface area (Å²) in [4.78, 5) is 4.51. The van der Waals surface area contributed by atoms with Gasteiger partial charge in [-0.25, -0.2) is 4.99 Å². The molecule has 1 aromatic carbocycles. The van der Waals surface area contributed by atoms with Gasteiger partial charge in [0, 0.05) is 38.5 Å². The van der Waals surface area contributed by atoms with Crippen molar-refractivity contribution in [3.63, 3.8) is 0 Å². The number of guanidine groups is 1. The van der Waals surface area contributed by atoms with E-state index in [-0.39, 0.29) is 30.5 Å². The Morgan fingerprint density at radius 2 is 2.00 bits per heavy atom. The van der Waals surface area contributed by atoms with Gasteiger partial charge in [0.15, 0.2) is 5.96 Å². The van der Waals surface area contributed by atoms with Crippen LogP contribution in [0, 0.1) is 0 Å². The van der Waals surface area contributed by atoms with Crippen LogP contribution in [0.5, 0.6) is 5.75 Å². The minimum Gasteiger partial charge on any atom is -0.497 e. The Morgan fingerprint density at radius 3 is 2.60 bits per heavy atom. The zero-order valence-electron chi connectivity index (χ0n) is 18.2. The molecule has 0 radical (unpaired) electrons. The topological polar surface area (TPSA) is 92.9 Å². The van der Waals surface area contributed by atoms with E-state index in [2.05, 4.69) is 20.7 Å². The number of halogens is 1. The van der Waals surface area contributed by atoms with Crippen molar-refractivity contribution in [2.75, 3.05) is 33.4 Å². The van der Waals surface area contributed by atoms with Crippen LogP contribution in [-0.2, 0) is 24.0 Å². The number of rotatable bonds is 11. The highest BCUT2D eigenvalue weighted by molar-refractivity contribution is 14.0. The number of aliphatic imine (C=N–C) groups is 1. The predicted molar refractivity (Wildman–Crippen MR) is 129 cm³/mol. The van der Waals surface area contributed by atoms with Gasteiger partial charge in [0.25, 0.3) is 0 Å². The van der Waals surface area contributed by atoms with Gasteiger partial charge in [-0.05, 0) is 38.0 Å². The molecule has 1 unspecified atom stereocenters. The first-order valence-corrected chi connectivity index (χ1v) is 9.89. The van der Waals surface area contributed by atoms with Crippen molar-refractivity contribution in [1.82, 2.24) is 20.4 Å². The maximum Gasteiger partial charge on any atom is 0.191 e. The maximum atomic E-state index is 10.7. The third kappa shape index (κ3) is 8.88. The molecule has 0 bridgehead atoms. The molecule has 168 valence electrons. The van der Waals surface area contributed by atoms with Crippen molar-refractivity contribution in [2.45, 2.75) is 32.5 Å². The van der Waals surface area contributed by atoms with E-state index in [4.69, 9.17) is 9.47 Å². The molecule has 9 heteroatoms. The van der Waals surface area contributed by atoms with Gasteiger partial charge in [-0.1, -0.05) is 12.1 Å². The number of hydrogen-bond donors (Lipinski definition) is 3. The molecular weight excluding hydrogens is 497 g/mol. The Kier molecular flexibility index (Phi) is 11.7. The fourth-order valence-corrected chi connectivity index (χ4v) is 2.66. The number of nitrogens with zero attached hydrogens (tertiary/aromatic N) is 3. The lowest BCUT2D eigenvalue weighted by atomic mass is 10.0.